The van der Waals surface area contributed by atoms with E-state index in [-0.39, 0.29) is 23.0 Å². The molecule has 0 spiro atoms. The number of nitro groups is 1. The quantitative estimate of drug-likeness (QED) is 0.287. The van der Waals surface area contributed by atoms with Gasteiger partial charge >= 0.3 is 0 Å². The van der Waals surface area contributed by atoms with Gasteiger partial charge < -0.3 is 15.2 Å². The van der Waals surface area contributed by atoms with Crippen LogP contribution >= 0.6 is 23.4 Å². The number of amides is 1. The average Bonchev–Trinajstić information content (AvgIpc) is 3.13. The summed E-state index contributed by atoms with van der Waals surface area (Å²) in [5.74, 6) is 0.406. The minimum atomic E-state index is -0.532. The van der Waals surface area contributed by atoms with Gasteiger partial charge in [-0.25, -0.2) is 0 Å². The van der Waals surface area contributed by atoms with Gasteiger partial charge in [-0.1, -0.05) is 41.6 Å². The number of hydrogen-bond donors (Lipinski definition) is 2. The molecule has 1 amide bonds. The number of benzene rings is 2. The van der Waals surface area contributed by atoms with Crippen molar-refractivity contribution < 1.29 is 9.72 Å². The Morgan fingerprint density at radius 1 is 1.23 bits per heavy atom. The Balaban J connectivity index is 1.60. The van der Waals surface area contributed by atoms with E-state index in [1.807, 2.05) is 29.7 Å². The van der Waals surface area contributed by atoms with Crippen LogP contribution in [-0.2, 0) is 17.9 Å². The molecule has 11 heteroatoms. The number of hydrogen-bond acceptors (Lipinski definition) is 7. The van der Waals surface area contributed by atoms with Gasteiger partial charge in [0, 0.05) is 23.3 Å². The fourth-order valence-corrected chi connectivity index (χ4v) is 3.72. The first-order valence-electron chi connectivity index (χ1n) is 9.05. The molecule has 0 saturated carbocycles. The molecule has 0 unspecified atom stereocenters. The van der Waals surface area contributed by atoms with Crippen molar-refractivity contribution in [1.29, 1.82) is 0 Å². The van der Waals surface area contributed by atoms with Crippen LogP contribution in [0.5, 0.6) is 0 Å². The van der Waals surface area contributed by atoms with Crippen LogP contribution in [0.4, 0.5) is 17.1 Å². The van der Waals surface area contributed by atoms with E-state index in [0.717, 1.165) is 11.5 Å². The van der Waals surface area contributed by atoms with Crippen molar-refractivity contribution in [2.24, 2.45) is 0 Å². The minimum absolute atomic E-state index is 0.0475. The van der Waals surface area contributed by atoms with E-state index in [0.29, 0.717) is 23.3 Å². The number of nitrogens with one attached hydrogen (secondary N) is 2. The van der Waals surface area contributed by atoms with Gasteiger partial charge in [0.25, 0.3) is 5.69 Å². The standard InChI is InChI=1S/C19H19ClN6O3S/c1-2-25-17(11-21-14-7-5-6-13(20)10-14)23-24-19(25)30-12-18(27)22-15-8-3-4-9-16(15)26(28)29/h3-10,21H,2,11-12H2,1H3,(H,22,27). The van der Waals surface area contributed by atoms with Gasteiger partial charge in [-0.3, -0.25) is 14.9 Å². The molecule has 0 fully saturated rings. The van der Waals surface area contributed by atoms with Crippen LogP contribution in [0.3, 0.4) is 0 Å². The SMILES string of the molecule is CCn1c(CNc2cccc(Cl)c2)nnc1SCC(=O)Nc1ccccc1[N+](=O)[O-]. The first-order valence-corrected chi connectivity index (χ1v) is 10.4. The van der Waals surface area contributed by atoms with E-state index >= 15 is 0 Å². The lowest BCUT2D eigenvalue weighted by Crippen LogP contribution is -2.16. The Morgan fingerprint density at radius 2 is 2.03 bits per heavy atom. The van der Waals surface area contributed by atoms with Crippen LogP contribution in [-0.4, -0.2) is 31.3 Å². The summed E-state index contributed by atoms with van der Waals surface area (Å²) >= 11 is 7.21. The molecule has 0 atom stereocenters. The van der Waals surface area contributed by atoms with Gasteiger partial charge in [0.1, 0.15) is 5.69 Å². The molecule has 0 aliphatic carbocycles. The molecule has 0 aliphatic rings. The first-order chi connectivity index (χ1) is 14.5. The lowest BCUT2D eigenvalue weighted by atomic mass is 10.2. The maximum atomic E-state index is 12.3. The summed E-state index contributed by atoms with van der Waals surface area (Å²) in [5.41, 5.74) is 0.879. The van der Waals surface area contributed by atoms with Crippen LogP contribution in [0.15, 0.2) is 53.7 Å². The average molecular weight is 447 g/mol. The number of nitrogens with zero attached hydrogens (tertiary/aromatic N) is 4. The Labute approximate surface area is 182 Å². The van der Waals surface area contributed by atoms with Crippen LogP contribution in [0.2, 0.25) is 5.02 Å². The molecule has 0 radical (unpaired) electrons. The van der Waals surface area contributed by atoms with Crippen molar-refractivity contribution >= 4 is 46.3 Å². The number of aromatic nitrogens is 3. The predicted octanol–water partition coefficient (Wildman–Crippen LogP) is 4.20. The zero-order valence-electron chi connectivity index (χ0n) is 16.0. The molecule has 3 rings (SSSR count). The van der Waals surface area contributed by atoms with Crippen LogP contribution in [0.25, 0.3) is 0 Å². The third-order valence-corrected chi connectivity index (χ3v) is 5.29. The second kappa shape index (κ2) is 10.1. The molecule has 30 heavy (non-hydrogen) atoms. The van der Waals surface area contributed by atoms with E-state index < -0.39 is 4.92 Å². The zero-order chi connectivity index (χ0) is 21.5. The molecule has 2 N–H and O–H groups in total. The number of anilines is 2. The Morgan fingerprint density at radius 3 is 2.77 bits per heavy atom. The molecule has 1 heterocycles. The summed E-state index contributed by atoms with van der Waals surface area (Å²) in [4.78, 5) is 22.8. The van der Waals surface area contributed by atoms with Crippen molar-refractivity contribution in [1.82, 2.24) is 14.8 Å². The fraction of sp³-hybridized carbons (Fsp3) is 0.211. The van der Waals surface area contributed by atoms with Crippen LogP contribution < -0.4 is 10.6 Å². The van der Waals surface area contributed by atoms with E-state index in [1.54, 1.807) is 18.2 Å². The van der Waals surface area contributed by atoms with Crippen molar-refractivity contribution in [2.75, 3.05) is 16.4 Å². The normalized spacial score (nSPS) is 10.6. The number of carbonyl (C=O) groups excluding carboxylic acids is 1. The summed E-state index contributed by atoms with van der Waals surface area (Å²) < 4.78 is 1.90. The van der Waals surface area contributed by atoms with Gasteiger partial charge in [0.2, 0.25) is 5.91 Å². The maximum Gasteiger partial charge on any atom is 0.292 e. The molecular formula is C19H19ClN6O3S. The van der Waals surface area contributed by atoms with Crippen molar-refractivity contribution in [3.8, 4) is 0 Å². The van der Waals surface area contributed by atoms with Gasteiger partial charge in [0.05, 0.1) is 17.2 Å². The topological polar surface area (TPSA) is 115 Å². The van der Waals surface area contributed by atoms with Gasteiger partial charge in [-0.05, 0) is 31.2 Å². The van der Waals surface area contributed by atoms with Gasteiger partial charge in [-0.2, -0.15) is 0 Å². The zero-order valence-corrected chi connectivity index (χ0v) is 17.6. The number of rotatable bonds is 9. The van der Waals surface area contributed by atoms with Gasteiger partial charge in [-0.15, -0.1) is 10.2 Å². The second-order valence-corrected chi connectivity index (χ2v) is 7.50. The summed E-state index contributed by atoms with van der Waals surface area (Å²) in [7, 11) is 0. The third-order valence-electron chi connectivity index (χ3n) is 4.09. The van der Waals surface area contributed by atoms with Crippen LogP contribution in [0, 0.1) is 10.1 Å². The summed E-state index contributed by atoms with van der Waals surface area (Å²) in [6.45, 7) is 3.04. The molecule has 1 aromatic heterocycles. The molecular weight excluding hydrogens is 428 g/mol. The van der Waals surface area contributed by atoms with E-state index in [4.69, 9.17) is 11.6 Å². The van der Waals surface area contributed by atoms with E-state index in [1.165, 1.54) is 23.9 Å². The molecule has 0 aliphatic heterocycles. The smallest absolute Gasteiger partial charge is 0.292 e. The van der Waals surface area contributed by atoms with E-state index in [9.17, 15) is 14.9 Å². The van der Waals surface area contributed by atoms with Crippen molar-refractivity contribution in [2.45, 2.75) is 25.2 Å². The highest BCUT2D eigenvalue weighted by molar-refractivity contribution is 7.99. The van der Waals surface area contributed by atoms with Crippen molar-refractivity contribution in [3.05, 3.63) is 69.5 Å². The summed E-state index contributed by atoms with van der Waals surface area (Å²) in [5, 5.41) is 26.5. The van der Waals surface area contributed by atoms with Crippen LogP contribution in [0.1, 0.15) is 12.7 Å². The Kier molecular flexibility index (Phi) is 7.26. The monoisotopic (exact) mass is 446 g/mol. The molecule has 3 aromatic rings. The highest BCUT2D eigenvalue weighted by atomic mass is 35.5. The summed E-state index contributed by atoms with van der Waals surface area (Å²) in [6.07, 6.45) is 0. The number of thioether (sulfide) groups is 1. The molecule has 2 aromatic carbocycles. The van der Waals surface area contributed by atoms with Gasteiger partial charge in [0.15, 0.2) is 11.0 Å². The lowest BCUT2D eigenvalue weighted by molar-refractivity contribution is -0.383. The molecule has 0 saturated heterocycles. The largest absolute Gasteiger partial charge is 0.378 e. The highest BCUT2D eigenvalue weighted by Crippen LogP contribution is 2.24. The Hall–Kier alpha value is -3.11. The number of nitro benzene ring substituents is 1. The highest BCUT2D eigenvalue weighted by Gasteiger charge is 2.17. The molecule has 0 bridgehead atoms. The number of para-hydroxylation sites is 2. The predicted molar refractivity (Wildman–Crippen MR) is 117 cm³/mol. The third kappa shape index (κ3) is 5.49. The minimum Gasteiger partial charge on any atom is -0.378 e. The molecule has 156 valence electrons. The molecule has 9 nitrogen and oxygen atoms in total. The lowest BCUT2D eigenvalue weighted by Gasteiger charge is -2.09. The fourth-order valence-electron chi connectivity index (χ4n) is 2.71. The number of carbonyl (C=O) groups is 1. The first kappa shape index (κ1) is 21.6. The number of halogens is 1. The summed E-state index contributed by atoms with van der Waals surface area (Å²) in [6, 6.07) is 13.4. The van der Waals surface area contributed by atoms with E-state index in [2.05, 4.69) is 20.8 Å². The maximum absolute atomic E-state index is 12.3. The Bertz CT molecular complexity index is 1060. The van der Waals surface area contributed by atoms with Crippen molar-refractivity contribution in [3.63, 3.8) is 0 Å². The second-order valence-electron chi connectivity index (χ2n) is 6.12.